The maximum Gasteiger partial charge on any atom is 0.373 e. The molecule has 0 aromatic carbocycles. The van der Waals surface area contributed by atoms with Crippen molar-refractivity contribution in [2.45, 2.75) is 76.7 Å². The van der Waals surface area contributed by atoms with Gasteiger partial charge in [-0.3, -0.25) is 6.66 Å². The monoisotopic (exact) mass is 847 g/mol. The van der Waals surface area contributed by atoms with Crippen LogP contribution in [0.1, 0.15) is 76.7 Å². The average Bonchev–Trinajstić information content (AvgIpc) is 2.79. The van der Waals surface area contributed by atoms with Gasteiger partial charge in [-0.1, -0.05) is 76.7 Å². The van der Waals surface area contributed by atoms with E-state index < -0.39 is 21.4 Å². The number of aliphatic hydroxyl groups is 1. The summed E-state index contributed by atoms with van der Waals surface area (Å²) < 4.78 is 34.4. The molecule has 0 aromatic heterocycles. The number of aliphatic hydroxyl groups excluding tert-OH is 1. The molecular weight excluding hydrogens is 785 g/mol. The van der Waals surface area contributed by atoms with Gasteiger partial charge in [-0.25, -0.2) is 0 Å². The Hall–Kier alpha value is -0.522. The van der Waals surface area contributed by atoms with Gasteiger partial charge in [-0.2, -0.15) is 28.8 Å². The molecule has 0 fully saturated rings. The quantitative estimate of drug-likeness (QED) is 0.162. The fraction of sp³-hybridized carbons (Fsp3) is 0.862. The Bertz CT molecular complexity index is 803. The van der Waals surface area contributed by atoms with Crippen molar-refractivity contribution in [3.8, 4) is 0 Å². The van der Waals surface area contributed by atoms with E-state index in [1.54, 1.807) is 13.3 Å². The van der Waals surface area contributed by atoms with Crippen LogP contribution in [-0.2, 0) is 63.5 Å². The molecule has 0 bridgehead atoms. The van der Waals surface area contributed by atoms with Crippen molar-refractivity contribution in [1.82, 2.24) is 0 Å². The molecule has 14 heteroatoms. The summed E-state index contributed by atoms with van der Waals surface area (Å²) in [6.07, 6.45) is 3.82. The van der Waals surface area contributed by atoms with Gasteiger partial charge in [0.2, 0.25) is 0 Å². The van der Waals surface area contributed by atoms with E-state index in [-0.39, 0.29) is 53.3 Å². The van der Waals surface area contributed by atoms with E-state index in [9.17, 15) is 13.7 Å². The Morgan fingerprint density at radius 3 is 0.930 bits per heavy atom. The molecule has 43 heavy (non-hydrogen) atoms. The van der Waals surface area contributed by atoms with Gasteiger partial charge in [0.15, 0.2) is 0 Å². The van der Waals surface area contributed by atoms with Gasteiger partial charge >= 0.3 is 18.5 Å². The minimum atomic E-state index is -2.23. The molecule has 0 aliphatic heterocycles. The first-order valence-electron chi connectivity index (χ1n) is 13.5. The van der Waals surface area contributed by atoms with Crippen LogP contribution in [0.2, 0.25) is 0 Å². The summed E-state index contributed by atoms with van der Waals surface area (Å²) >= 11 is 0. The van der Waals surface area contributed by atoms with Gasteiger partial charge in [0.05, 0.1) is 13.5 Å². The molecule has 0 unspecified atom stereocenters. The second-order valence-electron chi connectivity index (χ2n) is 11.8. The second-order valence-corrected chi connectivity index (χ2v) is 21.6. The first-order valence-corrected chi connectivity index (χ1v) is 21.0. The standard InChI is InChI=1S/C9H21OP.C8H19O2P.C8H18OP.3CO2.CH4.W/c1-6-11(5,10)7-9(4)8(2)3;1-7(2)8(3)5-11(4,10)6-9;1-7(2)8(3)6-10(4,5)9;3*2-1-3;;/h8-9H,6-7H2,1-5H3;7-9H,5-6H2,1-4H3;7-8H,4,6H2,1-3,5H3;;;;1H4;/q;;-1;;;;;/t9-,11-;8-,11+;8-,10+;;;;;/m111...../s1. The van der Waals surface area contributed by atoms with Gasteiger partial charge in [0.1, 0.15) is 7.14 Å². The normalized spacial score (nSPS) is 15.5. The maximum atomic E-state index is 11.7. The first-order chi connectivity index (χ1) is 18.3. The van der Waals surface area contributed by atoms with Crippen LogP contribution in [0.15, 0.2) is 0 Å². The molecule has 0 aromatic rings. The van der Waals surface area contributed by atoms with Crippen LogP contribution < -0.4 is 0 Å². The first kappa shape index (κ1) is 61.5. The third kappa shape index (κ3) is 61.3. The van der Waals surface area contributed by atoms with Crippen molar-refractivity contribution in [2.75, 3.05) is 51.0 Å². The molecule has 1 N–H and O–H groups in total. The predicted octanol–water partition coefficient (Wildman–Crippen LogP) is 7.46. The molecule has 0 aliphatic rings. The van der Waals surface area contributed by atoms with Crippen LogP contribution >= 0.6 is 21.4 Å². The Labute approximate surface area is 277 Å². The van der Waals surface area contributed by atoms with Crippen molar-refractivity contribution < 1.29 is 68.6 Å². The molecule has 10 nitrogen and oxygen atoms in total. The Morgan fingerprint density at radius 1 is 0.581 bits per heavy atom. The van der Waals surface area contributed by atoms with E-state index in [1.165, 1.54) is 0 Å². The largest absolute Gasteiger partial charge is 0.389 e. The van der Waals surface area contributed by atoms with Crippen LogP contribution in [0.5, 0.6) is 0 Å². The van der Waals surface area contributed by atoms with Crippen molar-refractivity contribution in [3.05, 3.63) is 6.66 Å². The van der Waals surface area contributed by atoms with Crippen LogP contribution in [0.4, 0.5) is 0 Å². The average molecular weight is 848 g/mol. The van der Waals surface area contributed by atoms with Gasteiger partial charge < -0.3 is 18.8 Å². The molecule has 0 amide bonds. The molecule has 0 saturated heterocycles. The molecule has 6 atom stereocenters. The molecular formula is C29H62O10P3W-. The molecule has 0 spiro atoms. The van der Waals surface area contributed by atoms with E-state index in [0.29, 0.717) is 41.7 Å². The molecule has 0 aliphatic carbocycles. The van der Waals surface area contributed by atoms with E-state index in [2.05, 4.69) is 69.0 Å². The Morgan fingerprint density at radius 2 is 0.791 bits per heavy atom. The molecule has 0 saturated carbocycles. The van der Waals surface area contributed by atoms with Gasteiger partial charge in [0, 0.05) is 33.4 Å². The van der Waals surface area contributed by atoms with Gasteiger partial charge in [-0.05, 0) is 75.0 Å². The van der Waals surface area contributed by atoms with E-state index in [0.717, 1.165) is 18.5 Å². The number of carbonyl (C=O) groups excluding carboxylic acids is 6. The predicted molar refractivity (Wildman–Crippen MR) is 172 cm³/mol. The number of rotatable bonds is 11. The van der Waals surface area contributed by atoms with E-state index >= 15 is 0 Å². The van der Waals surface area contributed by atoms with Gasteiger partial charge in [0.25, 0.3) is 0 Å². The van der Waals surface area contributed by atoms with E-state index in [1.807, 2.05) is 13.6 Å². The van der Waals surface area contributed by atoms with Crippen LogP contribution in [0.25, 0.3) is 0 Å². The van der Waals surface area contributed by atoms with Crippen LogP contribution in [0, 0.1) is 42.2 Å². The van der Waals surface area contributed by atoms with Crippen LogP contribution in [-0.4, -0.2) is 74.6 Å². The number of hydrogen-bond donors (Lipinski definition) is 1. The summed E-state index contributed by atoms with van der Waals surface area (Å²) in [6, 6.07) is 0. The fourth-order valence-corrected chi connectivity index (χ4v) is 7.94. The smallest absolute Gasteiger partial charge is 0.373 e. The third-order valence-corrected chi connectivity index (χ3v) is 12.4. The summed E-state index contributed by atoms with van der Waals surface area (Å²) in [5.41, 5.74) is 0. The summed E-state index contributed by atoms with van der Waals surface area (Å²) in [4.78, 5) is 48.8. The second kappa shape index (κ2) is 36.0. The zero-order valence-corrected chi connectivity index (χ0v) is 33.7. The Kier molecular flexibility index (Phi) is 51.4. The SMILES string of the molecule is C.CC(C)[C@H](C)C[P@](C)(=O)CO.CC[P@@](C)(=O)C[C@@H](C)C(C)C.O=C=O.O=C=O.O=C=O.[CH2-][P@@](C)(=O)C[C@@H](C)C(C)C.[W]. The van der Waals surface area contributed by atoms with Crippen molar-refractivity contribution in [2.24, 2.45) is 35.5 Å². The molecule has 0 radical (unpaired) electrons. The minimum Gasteiger partial charge on any atom is -0.389 e. The summed E-state index contributed by atoms with van der Waals surface area (Å²) in [7, 11) is -6.04. The maximum absolute atomic E-state index is 11.7. The zero-order valence-electron chi connectivity index (χ0n) is 28.1. The summed E-state index contributed by atoms with van der Waals surface area (Å²) in [5, 5.41) is 8.76. The Balaban J connectivity index is -0.0000000611. The fourth-order valence-electron chi connectivity index (χ4n) is 2.65. The summed E-state index contributed by atoms with van der Waals surface area (Å²) in [6.45, 7) is 30.3. The minimum absolute atomic E-state index is 0. The molecule has 0 heterocycles. The summed E-state index contributed by atoms with van der Waals surface area (Å²) in [5.74, 6) is 3.41. The zero-order chi connectivity index (χ0) is 34.6. The van der Waals surface area contributed by atoms with Crippen molar-refractivity contribution >= 4 is 39.9 Å². The molecule has 0 rings (SSSR count). The third-order valence-electron chi connectivity index (χ3n) is 6.40. The van der Waals surface area contributed by atoms with Crippen LogP contribution in [0.3, 0.4) is 0 Å². The number of hydrogen-bond acceptors (Lipinski definition) is 10. The van der Waals surface area contributed by atoms with Gasteiger partial charge in [-0.15, -0.1) is 0 Å². The van der Waals surface area contributed by atoms with E-state index in [4.69, 9.17) is 33.9 Å². The van der Waals surface area contributed by atoms with Crippen molar-refractivity contribution in [1.29, 1.82) is 0 Å². The molecule has 260 valence electrons. The topological polar surface area (TPSA) is 174 Å². The van der Waals surface area contributed by atoms with Crippen molar-refractivity contribution in [3.63, 3.8) is 0 Å².